The predicted octanol–water partition coefficient (Wildman–Crippen LogP) is 1.64. The van der Waals surface area contributed by atoms with Gasteiger partial charge in [0.25, 0.3) is 0 Å². The summed E-state index contributed by atoms with van der Waals surface area (Å²) in [5.41, 5.74) is 2.04. The molecule has 0 aliphatic heterocycles. The molecule has 0 bridgehead atoms. The lowest BCUT2D eigenvalue weighted by Gasteiger charge is -2.18. The number of aliphatic hydroxyl groups excluding tert-OH is 1. The molecule has 0 amide bonds. The molecule has 2 heterocycles. The first-order chi connectivity index (χ1) is 8.72. The van der Waals surface area contributed by atoms with Gasteiger partial charge in [0.2, 0.25) is 0 Å². The second kappa shape index (κ2) is 5.82. The van der Waals surface area contributed by atoms with Crippen LogP contribution in [0.3, 0.4) is 0 Å². The minimum Gasteiger partial charge on any atom is -0.396 e. The molecule has 98 valence electrons. The quantitative estimate of drug-likeness (QED) is 0.790. The van der Waals surface area contributed by atoms with Gasteiger partial charge in [0, 0.05) is 32.6 Å². The Hall–Kier alpha value is -1.62. The molecule has 0 aliphatic carbocycles. The molecule has 0 saturated heterocycles. The lowest BCUT2D eigenvalue weighted by atomic mass is 10.2. The highest BCUT2D eigenvalue weighted by atomic mass is 16.2. The summed E-state index contributed by atoms with van der Waals surface area (Å²) in [5.74, 6) is 0.960. The van der Waals surface area contributed by atoms with Crippen LogP contribution in [0.2, 0.25) is 0 Å². The Balaban J connectivity index is 2.09. The summed E-state index contributed by atoms with van der Waals surface area (Å²) in [5, 5.41) is 13.1. The van der Waals surface area contributed by atoms with Crippen molar-refractivity contribution in [2.24, 2.45) is 0 Å². The molecule has 5 nitrogen and oxygen atoms in total. The van der Waals surface area contributed by atoms with E-state index in [1.807, 2.05) is 30.8 Å². The zero-order valence-electron chi connectivity index (χ0n) is 11.0. The molecule has 0 atom stereocenters. The van der Waals surface area contributed by atoms with E-state index in [-0.39, 0.29) is 6.61 Å². The van der Waals surface area contributed by atoms with Crippen LogP contribution in [0.5, 0.6) is 0 Å². The number of aliphatic hydroxyl groups is 1. The van der Waals surface area contributed by atoms with E-state index in [2.05, 4.69) is 15.0 Å². The van der Waals surface area contributed by atoms with Crippen LogP contribution in [0.1, 0.15) is 25.0 Å². The molecule has 1 N–H and O–H groups in total. The second-order valence-electron chi connectivity index (χ2n) is 4.57. The molecule has 0 unspecified atom stereocenters. The van der Waals surface area contributed by atoms with Crippen LogP contribution in [0, 0.1) is 6.92 Å². The van der Waals surface area contributed by atoms with Crippen molar-refractivity contribution in [3.63, 3.8) is 0 Å². The van der Waals surface area contributed by atoms with E-state index in [4.69, 9.17) is 5.11 Å². The molecule has 0 saturated carbocycles. The van der Waals surface area contributed by atoms with Crippen LogP contribution < -0.4 is 4.90 Å². The van der Waals surface area contributed by atoms with Gasteiger partial charge in [0.1, 0.15) is 5.52 Å². The number of rotatable bonds is 6. The van der Waals surface area contributed by atoms with Crippen molar-refractivity contribution in [3.05, 3.63) is 24.2 Å². The first-order valence-corrected chi connectivity index (χ1v) is 6.35. The molecule has 0 aliphatic rings. The maximum absolute atomic E-state index is 8.76. The third kappa shape index (κ3) is 2.79. The maximum Gasteiger partial charge on any atom is 0.154 e. The lowest BCUT2D eigenvalue weighted by Crippen LogP contribution is -2.20. The second-order valence-corrected chi connectivity index (χ2v) is 4.57. The van der Waals surface area contributed by atoms with Gasteiger partial charge in [0.15, 0.2) is 5.82 Å². The topological polar surface area (TPSA) is 53.7 Å². The van der Waals surface area contributed by atoms with Gasteiger partial charge in [-0.05, 0) is 32.3 Å². The highest BCUT2D eigenvalue weighted by molar-refractivity contribution is 5.68. The van der Waals surface area contributed by atoms with E-state index in [9.17, 15) is 0 Å². The van der Waals surface area contributed by atoms with Gasteiger partial charge in [-0.2, -0.15) is 5.10 Å². The van der Waals surface area contributed by atoms with Crippen molar-refractivity contribution in [3.8, 4) is 0 Å². The Kier molecular flexibility index (Phi) is 4.15. The predicted molar refractivity (Wildman–Crippen MR) is 71.9 cm³/mol. The number of aromatic nitrogens is 3. The lowest BCUT2D eigenvalue weighted by molar-refractivity contribution is 0.283. The summed E-state index contributed by atoms with van der Waals surface area (Å²) < 4.78 is 1.86. The molecule has 5 heteroatoms. The number of anilines is 1. The van der Waals surface area contributed by atoms with Gasteiger partial charge in [0.05, 0.1) is 5.69 Å². The van der Waals surface area contributed by atoms with E-state index in [1.54, 1.807) is 6.20 Å². The molecule has 0 fully saturated rings. The Morgan fingerprint density at radius 1 is 1.33 bits per heavy atom. The standard InChI is InChI=1S/C13H20N4O/c1-11-10-12-13(14-6-8-17(12)15-11)16(2)7-4-3-5-9-18/h6,8,10,18H,3-5,7,9H2,1-2H3. The minimum absolute atomic E-state index is 0.277. The maximum atomic E-state index is 8.76. The molecular weight excluding hydrogens is 228 g/mol. The number of fused-ring (bicyclic) bond motifs is 1. The zero-order valence-corrected chi connectivity index (χ0v) is 11.0. The van der Waals surface area contributed by atoms with Gasteiger partial charge >= 0.3 is 0 Å². The molecule has 0 aromatic carbocycles. The van der Waals surface area contributed by atoms with Crippen LogP contribution in [0.4, 0.5) is 5.82 Å². The summed E-state index contributed by atoms with van der Waals surface area (Å²) in [6, 6.07) is 2.05. The normalized spacial score (nSPS) is 11.1. The van der Waals surface area contributed by atoms with Crippen LogP contribution in [-0.4, -0.2) is 39.9 Å². The highest BCUT2D eigenvalue weighted by Crippen LogP contribution is 2.18. The number of nitrogens with zero attached hydrogens (tertiary/aromatic N) is 4. The van der Waals surface area contributed by atoms with E-state index >= 15 is 0 Å². The minimum atomic E-state index is 0.277. The molecule has 2 aromatic rings. The Morgan fingerprint density at radius 2 is 2.17 bits per heavy atom. The van der Waals surface area contributed by atoms with Gasteiger partial charge < -0.3 is 10.0 Å². The summed E-state index contributed by atoms with van der Waals surface area (Å²) in [7, 11) is 2.05. The molecular formula is C13H20N4O. The fourth-order valence-corrected chi connectivity index (χ4v) is 2.07. The first-order valence-electron chi connectivity index (χ1n) is 6.35. The van der Waals surface area contributed by atoms with Crippen LogP contribution in [0.25, 0.3) is 5.52 Å². The average Bonchev–Trinajstić information content (AvgIpc) is 2.74. The molecule has 0 spiro atoms. The Labute approximate surface area is 107 Å². The largest absolute Gasteiger partial charge is 0.396 e. The number of hydrogen-bond donors (Lipinski definition) is 1. The summed E-state index contributed by atoms with van der Waals surface area (Å²) in [6.45, 7) is 3.20. The fourth-order valence-electron chi connectivity index (χ4n) is 2.07. The van der Waals surface area contributed by atoms with Gasteiger partial charge in [-0.1, -0.05) is 0 Å². The number of hydrogen-bond acceptors (Lipinski definition) is 4. The van der Waals surface area contributed by atoms with Crippen LogP contribution in [0.15, 0.2) is 18.5 Å². The van der Waals surface area contributed by atoms with Gasteiger partial charge in [-0.3, -0.25) is 0 Å². The van der Waals surface area contributed by atoms with E-state index in [1.165, 1.54) is 0 Å². The van der Waals surface area contributed by atoms with Gasteiger partial charge in [-0.15, -0.1) is 0 Å². The van der Waals surface area contributed by atoms with Crippen molar-refractivity contribution in [2.45, 2.75) is 26.2 Å². The molecule has 18 heavy (non-hydrogen) atoms. The van der Waals surface area contributed by atoms with Crippen molar-refractivity contribution < 1.29 is 5.11 Å². The Morgan fingerprint density at radius 3 is 2.94 bits per heavy atom. The summed E-state index contributed by atoms with van der Waals surface area (Å²) >= 11 is 0. The van der Waals surface area contributed by atoms with Crippen LogP contribution >= 0.6 is 0 Å². The van der Waals surface area contributed by atoms with E-state index < -0.39 is 0 Å². The number of unbranched alkanes of at least 4 members (excludes halogenated alkanes) is 2. The molecule has 0 radical (unpaired) electrons. The summed E-state index contributed by atoms with van der Waals surface area (Å²) in [6.07, 6.45) is 6.62. The van der Waals surface area contributed by atoms with Crippen molar-refractivity contribution in [1.29, 1.82) is 0 Å². The Bertz CT molecular complexity index is 509. The summed E-state index contributed by atoms with van der Waals surface area (Å²) in [4.78, 5) is 6.58. The third-order valence-electron chi connectivity index (χ3n) is 3.00. The van der Waals surface area contributed by atoms with Crippen molar-refractivity contribution in [2.75, 3.05) is 25.1 Å². The van der Waals surface area contributed by atoms with Crippen molar-refractivity contribution in [1.82, 2.24) is 14.6 Å². The molecule has 2 aromatic heterocycles. The number of aryl methyl sites for hydroxylation is 1. The monoisotopic (exact) mass is 248 g/mol. The van der Waals surface area contributed by atoms with E-state index in [0.717, 1.165) is 42.8 Å². The van der Waals surface area contributed by atoms with Crippen LogP contribution in [-0.2, 0) is 0 Å². The first kappa shape index (κ1) is 12.8. The van der Waals surface area contributed by atoms with Crippen molar-refractivity contribution >= 4 is 11.3 Å². The van der Waals surface area contributed by atoms with E-state index in [0.29, 0.717) is 0 Å². The zero-order chi connectivity index (χ0) is 13.0. The highest BCUT2D eigenvalue weighted by Gasteiger charge is 2.09. The average molecular weight is 248 g/mol. The SMILES string of the molecule is Cc1cc2c(N(C)CCCCCO)nccn2n1. The van der Waals surface area contributed by atoms with Gasteiger partial charge in [-0.25, -0.2) is 9.50 Å². The fraction of sp³-hybridized carbons (Fsp3) is 0.538. The third-order valence-corrected chi connectivity index (χ3v) is 3.00. The molecule has 2 rings (SSSR count). The smallest absolute Gasteiger partial charge is 0.154 e.